The fourth-order valence-corrected chi connectivity index (χ4v) is 2.88. The van der Waals surface area contributed by atoms with Crippen LogP contribution in [0.5, 0.6) is 5.75 Å². The SMILES string of the molecule is CC(c1ccc(F)cc1O)N(C)C1CCCN(C)C1. The van der Waals surface area contributed by atoms with Crippen molar-refractivity contribution >= 4 is 0 Å². The van der Waals surface area contributed by atoms with Crippen molar-refractivity contribution in [1.82, 2.24) is 9.80 Å². The third-order valence-electron chi connectivity index (χ3n) is 4.23. The van der Waals surface area contributed by atoms with Crippen LogP contribution in [0.2, 0.25) is 0 Å². The van der Waals surface area contributed by atoms with Crippen molar-refractivity contribution in [3.63, 3.8) is 0 Å². The van der Waals surface area contributed by atoms with E-state index >= 15 is 0 Å². The number of phenols is 1. The van der Waals surface area contributed by atoms with Crippen molar-refractivity contribution in [2.75, 3.05) is 27.2 Å². The number of piperidine rings is 1. The molecule has 1 fully saturated rings. The smallest absolute Gasteiger partial charge is 0.126 e. The molecule has 1 aliphatic rings. The lowest BCUT2D eigenvalue weighted by Gasteiger charge is -2.39. The molecule has 4 heteroatoms. The zero-order chi connectivity index (χ0) is 14.0. The van der Waals surface area contributed by atoms with Gasteiger partial charge in [-0.05, 0) is 46.5 Å². The van der Waals surface area contributed by atoms with Gasteiger partial charge < -0.3 is 10.0 Å². The zero-order valence-electron chi connectivity index (χ0n) is 11.9. The normalized spacial score (nSPS) is 22.7. The summed E-state index contributed by atoms with van der Waals surface area (Å²) in [5.41, 5.74) is 0.789. The molecule has 0 aliphatic carbocycles. The lowest BCUT2D eigenvalue weighted by atomic mass is 10.00. The van der Waals surface area contributed by atoms with Gasteiger partial charge in [-0.25, -0.2) is 4.39 Å². The maximum atomic E-state index is 13.0. The molecule has 0 bridgehead atoms. The predicted molar refractivity (Wildman–Crippen MR) is 74.8 cm³/mol. The van der Waals surface area contributed by atoms with Gasteiger partial charge in [0, 0.05) is 30.3 Å². The fraction of sp³-hybridized carbons (Fsp3) is 0.600. The number of aromatic hydroxyl groups is 1. The molecular weight excluding hydrogens is 243 g/mol. The van der Waals surface area contributed by atoms with E-state index in [1.54, 1.807) is 6.07 Å². The second-order valence-electron chi connectivity index (χ2n) is 5.60. The first-order valence-corrected chi connectivity index (χ1v) is 6.88. The number of rotatable bonds is 3. The summed E-state index contributed by atoms with van der Waals surface area (Å²) in [5, 5.41) is 9.88. The number of likely N-dealkylation sites (N-methyl/N-ethyl adjacent to an activating group) is 2. The number of phenolic OH excluding ortho intramolecular Hbond substituents is 1. The van der Waals surface area contributed by atoms with Crippen LogP contribution in [0.4, 0.5) is 4.39 Å². The number of halogens is 1. The second kappa shape index (κ2) is 5.88. The van der Waals surface area contributed by atoms with Crippen molar-refractivity contribution in [2.24, 2.45) is 0 Å². The zero-order valence-corrected chi connectivity index (χ0v) is 11.9. The number of nitrogens with zero attached hydrogens (tertiary/aromatic N) is 2. The minimum absolute atomic E-state index is 0.0449. The molecule has 1 aliphatic heterocycles. The van der Waals surface area contributed by atoms with Crippen molar-refractivity contribution in [3.8, 4) is 5.75 Å². The number of likely N-dealkylation sites (tertiary alicyclic amines) is 1. The van der Waals surface area contributed by atoms with Gasteiger partial charge in [0.05, 0.1) is 0 Å². The molecule has 1 N–H and O–H groups in total. The van der Waals surface area contributed by atoms with Crippen LogP contribution in [-0.4, -0.2) is 48.1 Å². The molecule has 3 nitrogen and oxygen atoms in total. The molecule has 1 aromatic carbocycles. The summed E-state index contributed by atoms with van der Waals surface area (Å²) in [6.07, 6.45) is 2.38. The average molecular weight is 266 g/mol. The van der Waals surface area contributed by atoms with Crippen LogP contribution in [-0.2, 0) is 0 Å². The first kappa shape index (κ1) is 14.3. The molecule has 2 atom stereocenters. The van der Waals surface area contributed by atoms with Crippen molar-refractivity contribution < 1.29 is 9.50 Å². The van der Waals surface area contributed by atoms with Crippen molar-refractivity contribution in [1.29, 1.82) is 0 Å². The van der Waals surface area contributed by atoms with Gasteiger partial charge in [-0.15, -0.1) is 0 Å². The monoisotopic (exact) mass is 266 g/mol. The Labute approximate surface area is 114 Å². The molecule has 2 rings (SSSR count). The van der Waals surface area contributed by atoms with Crippen molar-refractivity contribution in [3.05, 3.63) is 29.6 Å². The largest absolute Gasteiger partial charge is 0.508 e. The number of hydrogen-bond donors (Lipinski definition) is 1. The summed E-state index contributed by atoms with van der Waals surface area (Å²) < 4.78 is 13.0. The Balaban J connectivity index is 2.11. The minimum atomic E-state index is -0.395. The van der Waals surface area contributed by atoms with E-state index in [0.717, 1.165) is 18.7 Å². The first-order chi connectivity index (χ1) is 8.99. The summed E-state index contributed by atoms with van der Waals surface area (Å²) in [5.74, 6) is -0.350. The predicted octanol–water partition coefficient (Wildman–Crippen LogP) is 2.62. The molecule has 0 spiro atoms. The van der Waals surface area contributed by atoms with Gasteiger partial charge in [-0.1, -0.05) is 6.07 Å². The Hall–Kier alpha value is -1.13. The third kappa shape index (κ3) is 3.25. The van der Waals surface area contributed by atoms with E-state index in [2.05, 4.69) is 30.8 Å². The standard InChI is InChI=1S/C15H23FN2O/c1-11(14-7-6-12(16)9-15(14)19)18(3)13-5-4-8-17(2)10-13/h6-7,9,11,13,19H,4-5,8,10H2,1-3H3. The van der Waals surface area contributed by atoms with E-state index in [1.165, 1.54) is 25.0 Å². The fourth-order valence-electron chi connectivity index (χ4n) is 2.88. The van der Waals surface area contributed by atoms with Gasteiger partial charge in [0.2, 0.25) is 0 Å². The maximum Gasteiger partial charge on any atom is 0.126 e. The summed E-state index contributed by atoms with van der Waals surface area (Å²) in [6.45, 7) is 4.25. The summed E-state index contributed by atoms with van der Waals surface area (Å²) in [7, 11) is 4.22. The van der Waals surface area contributed by atoms with Crippen LogP contribution >= 0.6 is 0 Å². The van der Waals surface area contributed by atoms with Gasteiger partial charge in [-0.3, -0.25) is 4.90 Å². The number of benzene rings is 1. The van der Waals surface area contributed by atoms with Crippen LogP contribution in [0.15, 0.2) is 18.2 Å². The van der Waals surface area contributed by atoms with Crippen molar-refractivity contribution in [2.45, 2.75) is 31.8 Å². The molecule has 0 amide bonds. The Morgan fingerprint density at radius 3 is 2.84 bits per heavy atom. The van der Waals surface area contributed by atoms with Crippen LogP contribution < -0.4 is 0 Å². The maximum absolute atomic E-state index is 13.0. The Morgan fingerprint density at radius 2 is 2.21 bits per heavy atom. The van der Waals surface area contributed by atoms with Crippen LogP contribution in [0.1, 0.15) is 31.4 Å². The highest BCUT2D eigenvalue weighted by atomic mass is 19.1. The summed E-state index contributed by atoms with van der Waals surface area (Å²) in [4.78, 5) is 4.62. The third-order valence-corrected chi connectivity index (χ3v) is 4.23. The highest BCUT2D eigenvalue weighted by molar-refractivity contribution is 5.35. The highest BCUT2D eigenvalue weighted by Crippen LogP contribution is 2.30. The van der Waals surface area contributed by atoms with Gasteiger partial charge in [0.1, 0.15) is 11.6 Å². The lowest BCUT2D eigenvalue weighted by molar-refractivity contribution is 0.104. The van der Waals surface area contributed by atoms with Crippen LogP contribution in [0.3, 0.4) is 0 Å². The van der Waals surface area contributed by atoms with Gasteiger partial charge in [0.15, 0.2) is 0 Å². The molecule has 1 saturated heterocycles. The Kier molecular flexibility index (Phi) is 4.42. The topological polar surface area (TPSA) is 26.7 Å². The molecule has 2 unspecified atom stereocenters. The molecular formula is C15H23FN2O. The van der Waals surface area contributed by atoms with E-state index in [9.17, 15) is 9.50 Å². The molecule has 1 aromatic rings. The van der Waals surface area contributed by atoms with E-state index < -0.39 is 5.82 Å². The summed E-state index contributed by atoms with van der Waals surface area (Å²) in [6, 6.07) is 4.84. The molecule has 0 radical (unpaired) electrons. The summed E-state index contributed by atoms with van der Waals surface area (Å²) >= 11 is 0. The Bertz CT molecular complexity index is 438. The van der Waals surface area contributed by atoms with Crippen LogP contribution in [0, 0.1) is 5.82 Å². The minimum Gasteiger partial charge on any atom is -0.508 e. The van der Waals surface area contributed by atoms with Gasteiger partial charge in [-0.2, -0.15) is 0 Å². The van der Waals surface area contributed by atoms with E-state index in [4.69, 9.17) is 0 Å². The molecule has 1 heterocycles. The van der Waals surface area contributed by atoms with E-state index in [-0.39, 0.29) is 11.8 Å². The lowest BCUT2D eigenvalue weighted by Crippen LogP contribution is -2.45. The molecule has 0 saturated carbocycles. The Morgan fingerprint density at radius 1 is 1.47 bits per heavy atom. The molecule has 19 heavy (non-hydrogen) atoms. The quantitative estimate of drug-likeness (QED) is 0.911. The first-order valence-electron chi connectivity index (χ1n) is 6.88. The second-order valence-corrected chi connectivity index (χ2v) is 5.60. The average Bonchev–Trinajstić information content (AvgIpc) is 2.37. The molecule has 0 aromatic heterocycles. The molecule has 106 valence electrons. The number of hydrogen-bond acceptors (Lipinski definition) is 3. The van der Waals surface area contributed by atoms with Gasteiger partial charge >= 0.3 is 0 Å². The van der Waals surface area contributed by atoms with Gasteiger partial charge in [0.25, 0.3) is 0 Å². The van der Waals surface area contributed by atoms with E-state index in [0.29, 0.717) is 6.04 Å². The van der Waals surface area contributed by atoms with E-state index in [1.807, 2.05) is 0 Å². The highest BCUT2D eigenvalue weighted by Gasteiger charge is 2.26. The van der Waals surface area contributed by atoms with Crippen LogP contribution in [0.25, 0.3) is 0 Å².